The Bertz CT molecular complexity index is 396. The van der Waals surface area contributed by atoms with E-state index in [0.717, 1.165) is 12.1 Å². The molecule has 0 fully saturated rings. The van der Waals surface area contributed by atoms with Crippen LogP contribution in [0.2, 0.25) is 5.02 Å². The highest BCUT2D eigenvalue weighted by Crippen LogP contribution is 2.22. The predicted octanol–water partition coefficient (Wildman–Crippen LogP) is 4.59. The fourth-order valence-corrected chi connectivity index (χ4v) is 1.94. The molecular formula is C14H19ClN2. The molecule has 2 nitrogen and oxygen atoms in total. The smallest absolute Gasteiger partial charge is 0.101 e. The van der Waals surface area contributed by atoms with E-state index in [1.807, 2.05) is 6.07 Å². The van der Waals surface area contributed by atoms with Crippen molar-refractivity contribution in [1.82, 2.24) is 0 Å². The SMILES string of the molecule is CCCCCC(C)Nc1cc(Cl)ccc1C#N. The van der Waals surface area contributed by atoms with Gasteiger partial charge in [-0.15, -0.1) is 0 Å². The maximum Gasteiger partial charge on any atom is 0.101 e. The van der Waals surface area contributed by atoms with Crippen molar-refractivity contribution in [1.29, 1.82) is 5.26 Å². The van der Waals surface area contributed by atoms with Gasteiger partial charge in [0.2, 0.25) is 0 Å². The van der Waals surface area contributed by atoms with Crippen LogP contribution in [0.5, 0.6) is 0 Å². The summed E-state index contributed by atoms with van der Waals surface area (Å²) in [6, 6.07) is 7.85. The van der Waals surface area contributed by atoms with Gasteiger partial charge in [0, 0.05) is 11.1 Å². The molecule has 0 spiro atoms. The van der Waals surface area contributed by atoms with Crippen LogP contribution in [0.3, 0.4) is 0 Å². The normalized spacial score (nSPS) is 11.9. The summed E-state index contributed by atoms with van der Waals surface area (Å²) >= 11 is 5.93. The summed E-state index contributed by atoms with van der Waals surface area (Å²) in [5, 5.41) is 13.0. The highest BCUT2D eigenvalue weighted by molar-refractivity contribution is 6.30. The molecule has 1 rings (SSSR count). The van der Waals surface area contributed by atoms with Crippen molar-refractivity contribution >= 4 is 17.3 Å². The Labute approximate surface area is 109 Å². The Balaban J connectivity index is 2.61. The van der Waals surface area contributed by atoms with Crippen molar-refractivity contribution < 1.29 is 0 Å². The number of nitrogens with one attached hydrogen (secondary N) is 1. The molecule has 0 aliphatic carbocycles. The zero-order chi connectivity index (χ0) is 12.7. The monoisotopic (exact) mass is 250 g/mol. The average molecular weight is 251 g/mol. The highest BCUT2D eigenvalue weighted by atomic mass is 35.5. The van der Waals surface area contributed by atoms with Crippen LogP contribution < -0.4 is 5.32 Å². The molecule has 1 aromatic rings. The average Bonchev–Trinajstić information content (AvgIpc) is 2.29. The number of anilines is 1. The molecule has 0 bridgehead atoms. The lowest BCUT2D eigenvalue weighted by molar-refractivity contribution is 0.615. The van der Waals surface area contributed by atoms with Crippen LogP contribution in [0.15, 0.2) is 18.2 Å². The van der Waals surface area contributed by atoms with E-state index in [-0.39, 0.29) is 0 Å². The molecule has 1 unspecified atom stereocenters. The van der Waals surface area contributed by atoms with Crippen molar-refractivity contribution in [3.8, 4) is 6.07 Å². The Morgan fingerprint density at radius 1 is 1.41 bits per heavy atom. The molecule has 0 heterocycles. The van der Waals surface area contributed by atoms with E-state index in [0.29, 0.717) is 16.6 Å². The largest absolute Gasteiger partial charge is 0.381 e. The Morgan fingerprint density at radius 2 is 2.18 bits per heavy atom. The quantitative estimate of drug-likeness (QED) is 0.750. The van der Waals surface area contributed by atoms with Crippen molar-refractivity contribution in [2.45, 2.75) is 45.6 Å². The Morgan fingerprint density at radius 3 is 2.82 bits per heavy atom. The third kappa shape index (κ3) is 4.66. The van der Waals surface area contributed by atoms with Crippen LogP contribution in [0.1, 0.15) is 45.1 Å². The zero-order valence-corrected chi connectivity index (χ0v) is 11.2. The summed E-state index contributed by atoms with van der Waals surface area (Å²) in [5.41, 5.74) is 1.49. The molecule has 17 heavy (non-hydrogen) atoms. The summed E-state index contributed by atoms with van der Waals surface area (Å²) in [5.74, 6) is 0. The van der Waals surface area contributed by atoms with Gasteiger partial charge in [0.1, 0.15) is 6.07 Å². The molecule has 0 aliphatic heterocycles. The fourth-order valence-electron chi connectivity index (χ4n) is 1.77. The number of hydrogen-bond donors (Lipinski definition) is 1. The first-order chi connectivity index (χ1) is 8.17. The molecule has 0 saturated carbocycles. The summed E-state index contributed by atoms with van der Waals surface area (Å²) in [6.07, 6.45) is 4.82. The maximum absolute atomic E-state index is 9.00. The van der Waals surface area contributed by atoms with E-state index >= 15 is 0 Å². The van der Waals surface area contributed by atoms with Gasteiger partial charge in [-0.05, 0) is 31.5 Å². The van der Waals surface area contributed by atoms with Gasteiger partial charge in [0.15, 0.2) is 0 Å². The second-order valence-corrected chi connectivity index (χ2v) is 4.78. The van der Waals surface area contributed by atoms with E-state index in [1.54, 1.807) is 12.1 Å². The fraction of sp³-hybridized carbons (Fsp3) is 0.500. The second kappa shape index (κ2) is 7.19. The minimum absolute atomic E-state index is 0.368. The standard InChI is InChI=1S/C14H19ClN2/c1-3-4-5-6-11(2)17-14-9-13(15)8-7-12(14)10-16/h7-9,11,17H,3-6H2,1-2H3. The number of unbranched alkanes of at least 4 members (excludes halogenated alkanes) is 2. The summed E-state index contributed by atoms with van der Waals surface area (Å²) in [6.45, 7) is 4.33. The number of rotatable bonds is 6. The van der Waals surface area contributed by atoms with E-state index < -0.39 is 0 Å². The highest BCUT2D eigenvalue weighted by Gasteiger charge is 2.06. The zero-order valence-electron chi connectivity index (χ0n) is 10.5. The molecule has 92 valence electrons. The predicted molar refractivity (Wildman–Crippen MR) is 73.4 cm³/mol. The van der Waals surface area contributed by atoms with Gasteiger partial charge in [0.05, 0.1) is 11.3 Å². The molecule has 3 heteroatoms. The first-order valence-electron chi connectivity index (χ1n) is 6.13. The van der Waals surface area contributed by atoms with Crippen LogP contribution in [-0.4, -0.2) is 6.04 Å². The van der Waals surface area contributed by atoms with Crippen molar-refractivity contribution in [3.05, 3.63) is 28.8 Å². The van der Waals surface area contributed by atoms with Gasteiger partial charge in [-0.25, -0.2) is 0 Å². The number of hydrogen-bond acceptors (Lipinski definition) is 2. The first kappa shape index (κ1) is 13.9. The molecule has 1 N–H and O–H groups in total. The summed E-state index contributed by atoms with van der Waals surface area (Å²) < 4.78 is 0. The number of nitriles is 1. The van der Waals surface area contributed by atoms with E-state index in [4.69, 9.17) is 16.9 Å². The lowest BCUT2D eigenvalue weighted by Crippen LogP contribution is -2.15. The van der Waals surface area contributed by atoms with E-state index in [9.17, 15) is 0 Å². The molecule has 1 atom stereocenters. The van der Waals surface area contributed by atoms with E-state index in [1.165, 1.54) is 19.3 Å². The molecule has 0 radical (unpaired) electrons. The van der Waals surface area contributed by atoms with Crippen molar-refractivity contribution in [2.75, 3.05) is 5.32 Å². The molecule has 0 saturated heterocycles. The minimum atomic E-state index is 0.368. The van der Waals surface area contributed by atoms with Crippen molar-refractivity contribution in [2.24, 2.45) is 0 Å². The van der Waals surface area contributed by atoms with Crippen LogP contribution in [-0.2, 0) is 0 Å². The van der Waals surface area contributed by atoms with Crippen LogP contribution in [0, 0.1) is 11.3 Å². The van der Waals surface area contributed by atoms with Gasteiger partial charge in [0.25, 0.3) is 0 Å². The van der Waals surface area contributed by atoms with Crippen LogP contribution in [0.4, 0.5) is 5.69 Å². The van der Waals surface area contributed by atoms with Crippen LogP contribution in [0.25, 0.3) is 0 Å². The van der Waals surface area contributed by atoms with Gasteiger partial charge in [-0.3, -0.25) is 0 Å². The van der Waals surface area contributed by atoms with Crippen LogP contribution >= 0.6 is 11.6 Å². The van der Waals surface area contributed by atoms with E-state index in [2.05, 4.69) is 25.2 Å². The topological polar surface area (TPSA) is 35.8 Å². The lowest BCUT2D eigenvalue weighted by Gasteiger charge is -2.16. The number of halogens is 1. The molecule has 1 aromatic carbocycles. The molecule has 0 aliphatic rings. The number of nitrogens with zero attached hydrogens (tertiary/aromatic N) is 1. The molecular weight excluding hydrogens is 232 g/mol. The third-order valence-electron chi connectivity index (χ3n) is 2.74. The summed E-state index contributed by atoms with van der Waals surface area (Å²) in [7, 11) is 0. The van der Waals surface area contributed by atoms with Gasteiger partial charge < -0.3 is 5.32 Å². The Hall–Kier alpha value is -1.20. The third-order valence-corrected chi connectivity index (χ3v) is 2.98. The second-order valence-electron chi connectivity index (χ2n) is 4.34. The number of benzene rings is 1. The maximum atomic E-state index is 9.00. The molecule has 0 aromatic heterocycles. The van der Waals surface area contributed by atoms with Gasteiger partial charge >= 0.3 is 0 Å². The molecule has 0 amide bonds. The summed E-state index contributed by atoms with van der Waals surface area (Å²) in [4.78, 5) is 0. The first-order valence-corrected chi connectivity index (χ1v) is 6.51. The van der Waals surface area contributed by atoms with Crippen molar-refractivity contribution in [3.63, 3.8) is 0 Å². The lowest BCUT2D eigenvalue weighted by atomic mass is 10.1. The minimum Gasteiger partial charge on any atom is -0.381 e. The Kier molecular flexibility index (Phi) is 5.86. The van der Waals surface area contributed by atoms with Gasteiger partial charge in [-0.2, -0.15) is 5.26 Å². The van der Waals surface area contributed by atoms with Gasteiger partial charge in [-0.1, -0.05) is 37.8 Å².